The molecule has 12 heteroatoms. The van der Waals surface area contributed by atoms with Gasteiger partial charge in [0.25, 0.3) is 17.3 Å². The molecule has 1 aromatic heterocycles. The molecule has 1 N–H and O–H groups in total. The van der Waals surface area contributed by atoms with E-state index in [2.05, 4.69) is 5.32 Å². The summed E-state index contributed by atoms with van der Waals surface area (Å²) in [5.41, 5.74) is 0.113. The van der Waals surface area contributed by atoms with Gasteiger partial charge < -0.3 is 10.1 Å². The maximum atomic E-state index is 12.7. The van der Waals surface area contributed by atoms with Crippen LogP contribution in [0.25, 0.3) is 11.1 Å². The number of non-ortho nitro benzene ring substituents is 1. The van der Waals surface area contributed by atoms with Crippen LogP contribution in [0, 0.1) is 20.2 Å². The van der Waals surface area contributed by atoms with Crippen LogP contribution < -0.4 is 5.32 Å². The Balaban J connectivity index is 2.02. The van der Waals surface area contributed by atoms with Crippen molar-refractivity contribution in [2.24, 2.45) is 0 Å². The number of hydrogen-bond donors (Lipinski definition) is 1. The highest BCUT2D eigenvalue weighted by Crippen LogP contribution is 2.37. The second-order valence-corrected chi connectivity index (χ2v) is 7.55. The lowest BCUT2D eigenvalue weighted by Crippen LogP contribution is -2.15. The van der Waals surface area contributed by atoms with Crippen molar-refractivity contribution in [2.75, 3.05) is 11.9 Å². The molecule has 3 aromatic rings. The number of nitrogens with zero attached hydrogens (tertiary/aromatic N) is 2. The van der Waals surface area contributed by atoms with Gasteiger partial charge in [-0.15, -0.1) is 11.3 Å². The van der Waals surface area contributed by atoms with Gasteiger partial charge in [-0.1, -0.05) is 23.7 Å². The Bertz CT molecular complexity index is 1240. The van der Waals surface area contributed by atoms with E-state index in [1.54, 1.807) is 18.4 Å². The van der Waals surface area contributed by atoms with Gasteiger partial charge in [0.2, 0.25) is 0 Å². The van der Waals surface area contributed by atoms with Gasteiger partial charge in [-0.3, -0.25) is 25.0 Å². The van der Waals surface area contributed by atoms with Gasteiger partial charge in [0.05, 0.1) is 16.5 Å². The molecule has 1 heterocycles. The molecule has 0 saturated heterocycles. The van der Waals surface area contributed by atoms with E-state index in [9.17, 15) is 29.8 Å². The summed E-state index contributed by atoms with van der Waals surface area (Å²) in [6.45, 7) is 1.68. The molecule has 0 aliphatic heterocycles. The lowest BCUT2D eigenvalue weighted by Gasteiger charge is -2.09. The van der Waals surface area contributed by atoms with Gasteiger partial charge in [-0.25, -0.2) is 4.79 Å². The van der Waals surface area contributed by atoms with Gasteiger partial charge in [0.15, 0.2) is 0 Å². The molecule has 0 fully saturated rings. The zero-order valence-corrected chi connectivity index (χ0v) is 17.9. The lowest BCUT2D eigenvalue weighted by molar-refractivity contribution is -0.384. The standard InChI is InChI=1S/C20H14ClN3O7S/c1-2-31-20(26)17-14(11-4-3-5-13(8-11)23(27)28)10-32-19(17)22-18(25)12-6-7-15(21)16(9-12)24(29)30/h3-10H,2H2,1H3,(H,22,25). The predicted octanol–water partition coefficient (Wildman–Crippen LogP) is 5.31. The maximum absolute atomic E-state index is 12.7. The summed E-state index contributed by atoms with van der Waals surface area (Å²) in [5, 5.41) is 26.3. The zero-order chi connectivity index (χ0) is 23.4. The first-order valence-electron chi connectivity index (χ1n) is 9.01. The highest BCUT2D eigenvalue weighted by molar-refractivity contribution is 7.15. The number of nitro groups is 2. The van der Waals surface area contributed by atoms with Gasteiger partial charge in [-0.2, -0.15) is 0 Å². The number of nitrogens with one attached hydrogen (secondary N) is 1. The molecular formula is C20H14ClN3O7S. The summed E-state index contributed by atoms with van der Waals surface area (Å²) in [6, 6.07) is 9.25. The quantitative estimate of drug-likeness (QED) is 0.277. The Kier molecular flexibility index (Phi) is 6.81. The van der Waals surface area contributed by atoms with Crippen LogP contribution in [0.4, 0.5) is 16.4 Å². The first-order chi connectivity index (χ1) is 15.2. The Labute approximate surface area is 189 Å². The number of anilines is 1. The van der Waals surface area contributed by atoms with E-state index in [0.29, 0.717) is 11.1 Å². The number of nitro benzene ring substituents is 2. The van der Waals surface area contributed by atoms with Crippen LogP contribution in [0.5, 0.6) is 0 Å². The van der Waals surface area contributed by atoms with Crippen molar-refractivity contribution in [3.63, 3.8) is 0 Å². The number of ether oxygens (including phenoxy) is 1. The van der Waals surface area contributed by atoms with Crippen LogP contribution in [0.15, 0.2) is 47.8 Å². The Morgan fingerprint density at radius 1 is 1.12 bits per heavy atom. The molecule has 0 atom stereocenters. The Morgan fingerprint density at radius 3 is 2.53 bits per heavy atom. The second kappa shape index (κ2) is 9.54. The van der Waals surface area contributed by atoms with Gasteiger partial charge in [0.1, 0.15) is 15.6 Å². The molecule has 10 nitrogen and oxygen atoms in total. The molecule has 164 valence electrons. The molecule has 0 radical (unpaired) electrons. The summed E-state index contributed by atoms with van der Waals surface area (Å²) in [6.07, 6.45) is 0. The number of carbonyl (C=O) groups is 2. The van der Waals surface area contributed by atoms with Crippen LogP contribution in [-0.2, 0) is 4.74 Å². The topological polar surface area (TPSA) is 142 Å². The van der Waals surface area contributed by atoms with Crippen LogP contribution in [0.2, 0.25) is 5.02 Å². The number of thiophene rings is 1. The number of rotatable bonds is 7. The van der Waals surface area contributed by atoms with E-state index >= 15 is 0 Å². The Hall–Kier alpha value is -3.83. The minimum atomic E-state index is -0.729. The average molecular weight is 476 g/mol. The van der Waals surface area contributed by atoms with E-state index in [0.717, 1.165) is 17.4 Å². The van der Waals surface area contributed by atoms with Crippen LogP contribution in [0.1, 0.15) is 27.6 Å². The Morgan fingerprint density at radius 2 is 1.88 bits per heavy atom. The first-order valence-corrected chi connectivity index (χ1v) is 10.3. The van der Waals surface area contributed by atoms with E-state index < -0.39 is 27.4 Å². The molecule has 0 saturated carbocycles. The average Bonchev–Trinajstić information content (AvgIpc) is 3.17. The molecule has 1 amide bonds. The van der Waals surface area contributed by atoms with Crippen LogP contribution >= 0.6 is 22.9 Å². The van der Waals surface area contributed by atoms with Crippen molar-refractivity contribution >= 4 is 51.2 Å². The zero-order valence-electron chi connectivity index (χ0n) is 16.4. The van der Waals surface area contributed by atoms with Gasteiger partial charge in [0, 0.05) is 34.7 Å². The van der Waals surface area contributed by atoms with Crippen LogP contribution in [0.3, 0.4) is 0 Å². The highest BCUT2D eigenvalue weighted by atomic mass is 35.5. The molecule has 32 heavy (non-hydrogen) atoms. The van der Waals surface area contributed by atoms with Crippen molar-refractivity contribution in [1.29, 1.82) is 0 Å². The summed E-state index contributed by atoms with van der Waals surface area (Å²) in [5.74, 6) is -1.43. The predicted molar refractivity (Wildman–Crippen MR) is 118 cm³/mol. The number of halogens is 1. The third-order valence-corrected chi connectivity index (χ3v) is 5.49. The van der Waals surface area contributed by atoms with Gasteiger partial charge >= 0.3 is 5.97 Å². The number of esters is 1. The minimum Gasteiger partial charge on any atom is -0.462 e. The fraction of sp³-hybridized carbons (Fsp3) is 0.100. The van der Waals surface area contributed by atoms with E-state index in [1.165, 1.54) is 30.3 Å². The van der Waals surface area contributed by atoms with E-state index in [4.69, 9.17) is 16.3 Å². The lowest BCUT2D eigenvalue weighted by atomic mass is 10.0. The largest absolute Gasteiger partial charge is 0.462 e. The minimum absolute atomic E-state index is 0.0224. The SMILES string of the molecule is CCOC(=O)c1c(-c2cccc([N+](=O)[O-])c2)csc1NC(=O)c1ccc(Cl)c([N+](=O)[O-])c1. The molecule has 0 aliphatic carbocycles. The fourth-order valence-corrected chi connectivity index (χ4v) is 3.96. The summed E-state index contributed by atoms with van der Waals surface area (Å²) < 4.78 is 5.10. The van der Waals surface area contributed by atoms with Crippen molar-refractivity contribution < 1.29 is 24.2 Å². The molecule has 0 aliphatic rings. The third-order valence-electron chi connectivity index (χ3n) is 4.27. The molecule has 0 spiro atoms. The van der Waals surface area contributed by atoms with Gasteiger partial charge in [-0.05, 0) is 24.6 Å². The van der Waals surface area contributed by atoms with Crippen molar-refractivity contribution in [3.8, 4) is 11.1 Å². The number of carbonyl (C=O) groups excluding carboxylic acids is 2. The van der Waals surface area contributed by atoms with E-state index in [-0.39, 0.29) is 33.4 Å². The van der Waals surface area contributed by atoms with Crippen molar-refractivity contribution in [3.05, 3.63) is 84.2 Å². The van der Waals surface area contributed by atoms with Crippen molar-refractivity contribution in [2.45, 2.75) is 6.92 Å². The molecule has 3 rings (SSSR count). The first kappa shape index (κ1) is 22.8. The highest BCUT2D eigenvalue weighted by Gasteiger charge is 2.25. The number of benzene rings is 2. The monoisotopic (exact) mass is 475 g/mol. The third kappa shape index (κ3) is 4.74. The number of amides is 1. The summed E-state index contributed by atoms with van der Waals surface area (Å²) in [7, 11) is 0. The fourth-order valence-electron chi connectivity index (χ4n) is 2.82. The normalized spacial score (nSPS) is 10.4. The van der Waals surface area contributed by atoms with Crippen LogP contribution in [-0.4, -0.2) is 28.3 Å². The molecular weight excluding hydrogens is 462 g/mol. The number of hydrogen-bond acceptors (Lipinski definition) is 8. The molecule has 2 aromatic carbocycles. The summed E-state index contributed by atoms with van der Waals surface area (Å²) >= 11 is 6.80. The maximum Gasteiger partial charge on any atom is 0.341 e. The smallest absolute Gasteiger partial charge is 0.341 e. The summed E-state index contributed by atoms with van der Waals surface area (Å²) in [4.78, 5) is 46.3. The molecule has 0 unspecified atom stereocenters. The van der Waals surface area contributed by atoms with Crippen molar-refractivity contribution in [1.82, 2.24) is 0 Å². The molecule has 0 bridgehead atoms. The van der Waals surface area contributed by atoms with E-state index in [1.807, 2.05) is 0 Å². The second-order valence-electron chi connectivity index (χ2n) is 6.26.